The van der Waals surface area contributed by atoms with Gasteiger partial charge in [0.15, 0.2) is 0 Å². The highest BCUT2D eigenvalue weighted by Gasteiger charge is 2.41. The van der Waals surface area contributed by atoms with Gasteiger partial charge in [-0.1, -0.05) is 6.92 Å². The number of rotatable bonds is 8. The van der Waals surface area contributed by atoms with Gasteiger partial charge in [-0.15, -0.1) is 0 Å². The number of methoxy groups -OCH3 is 1. The first-order chi connectivity index (χ1) is 12.7. The molecule has 1 atom stereocenters. The van der Waals surface area contributed by atoms with Crippen LogP contribution in [-0.2, 0) is 22.6 Å². The van der Waals surface area contributed by atoms with E-state index in [4.69, 9.17) is 4.74 Å². The van der Waals surface area contributed by atoms with Gasteiger partial charge in [0.2, 0.25) is 5.91 Å². The number of nitrogens with zero attached hydrogens (tertiary/aromatic N) is 4. The van der Waals surface area contributed by atoms with Crippen molar-refractivity contribution >= 4 is 5.91 Å². The van der Waals surface area contributed by atoms with Crippen LogP contribution in [0.4, 0.5) is 0 Å². The van der Waals surface area contributed by atoms with Crippen LogP contribution in [0.25, 0.3) is 0 Å². The molecule has 1 spiro atoms. The fraction of sp³-hybridized carbons (Fsp3) is 0.800. The van der Waals surface area contributed by atoms with Crippen LogP contribution >= 0.6 is 0 Å². The number of likely N-dealkylation sites (tertiary alicyclic amines) is 2. The highest BCUT2D eigenvalue weighted by molar-refractivity contribution is 5.77. The van der Waals surface area contributed by atoms with Crippen LogP contribution in [0.2, 0.25) is 0 Å². The molecular weight excluding hydrogens is 328 g/mol. The summed E-state index contributed by atoms with van der Waals surface area (Å²) in [6.45, 7) is 8.85. The molecular formula is C20H34N4O2. The minimum absolute atomic E-state index is 0.265. The number of carbonyl (C=O) groups excluding carboxylic acids is 1. The SMILES string of the molecule is CCCn1ccnc1CN1CCC[C@]2(CCC(=O)N(CCCOC)C2)C1. The molecule has 0 N–H and O–H groups in total. The maximum Gasteiger partial charge on any atom is 0.222 e. The number of amides is 1. The van der Waals surface area contributed by atoms with Gasteiger partial charge in [-0.3, -0.25) is 9.69 Å². The first-order valence-corrected chi connectivity index (χ1v) is 10.1. The van der Waals surface area contributed by atoms with Crippen molar-refractivity contribution in [2.24, 2.45) is 5.41 Å². The van der Waals surface area contributed by atoms with Crippen molar-refractivity contribution in [3.05, 3.63) is 18.2 Å². The molecule has 0 bridgehead atoms. The Hall–Kier alpha value is -1.40. The van der Waals surface area contributed by atoms with Gasteiger partial charge < -0.3 is 14.2 Å². The van der Waals surface area contributed by atoms with Gasteiger partial charge in [0.1, 0.15) is 5.82 Å². The Kier molecular flexibility index (Phi) is 6.70. The lowest BCUT2D eigenvalue weighted by atomic mass is 9.73. The fourth-order valence-electron chi connectivity index (χ4n) is 4.62. The zero-order valence-corrected chi connectivity index (χ0v) is 16.5. The normalized spacial score (nSPS) is 24.5. The molecule has 0 unspecified atom stereocenters. The average Bonchev–Trinajstić information content (AvgIpc) is 3.06. The number of carbonyl (C=O) groups is 1. The van der Waals surface area contributed by atoms with Gasteiger partial charge in [0.05, 0.1) is 6.54 Å². The molecule has 0 aromatic carbocycles. The average molecular weight is 363 g/mol. The Morgan fingerprint density at radius 3 is 2.96 bits per heavy atom. The summed E-state index contributed by atoms with van der Waals surface area (Å²) in [6, 6.07) is 0. The Labute approximate surface area is 157 Å². The Balaban J connectivity index is 1.61. The molecule has 6 heteroatoms. The molecule has 0 saturated carbocycles. The third-order valence-corrected chi connectivity index (χ3v) is 5.90. The van der Waals surface area contributed by atoms with Crippen molar-refractivity contribution in [3.63, 3.8) is 0 Å². The molecule has 6 nitrogen and oxygen atoms in total. The van der Waals surface area contributed by atoms with Crippen LogP contribution in [0, 0.1) is 5.41 Å². The summed E-state index contributed by atoms with van der Waals surface area (Å²) in [6.07, 6.45) is 10.3. The summed E-state index contributed by atoms with van der Waals surface area (Å²) < 4.78 is 7.44. The number of hydrogen-bond acceptors (Lipinski definition) is 4. The Bertz CT molecular complexity index is 588. The Morgan fingerprint density at radius 2 is 2.15 bits per heavy atom. The summed E-state index contributed by atoms with van der Waals surface area (Å²) in [5, 5.41) is 0. The maximum absolute atomic E-state index is 12.3. The van der Waals surface area contributed by atoms with Crippen molar-refractivity contribution in [2.75, 3.05) is 39.9 Å². The second-order valence-corrected chi connectivity index (χ2v) is 8.01. The minimum atomic E-state index is 0.265. The zero-order chi connectivity index (χ0) is 18.4. The van der Waals surface area contributed by atoms with Crippen LogP contribution in [0.5, 0.6) is 0 Å². The van der Waals surface area contributed by atoms with Gasteiger partial charge in [0.25, 0.3) is 0 Å². The summed E-state index contributed by atoms with van der Waals surface area (Å²) in [4.78, 5) is 21.6. The van der Waals surface area contributed by atoms with Crippen LogP contribution < -0.4 is 0 Å². The maximum atomic E-state index is 12.3. The number of piperidine rings is 2. The van der Waals surface area contributed by atoms with Crippen molar-refractivity contribution in [3.8, 4) is 0 Å². The summed E-state index contributed by atoms with van der Waals surface area (Å²) in [5.41, 5.74) is 0.265. The van der Waals surface area contributed by atoms with Crippen molar-refractivity contribution < 1.29 is 9.53 Å². The van der Waals surface area contributed by atoms with E-state index in [2.05, 4.69) is 32.5 Å². The molecule has 3 heterocycles. The van der Waals surface area contributed by atoms with E-state index >= 15 is 0 Å². The third-order valence-electron chi connectivity index (χ3n) is 5.90. The predicted molar refractivity (Wildman–Crippen MR) is 102 cm³/mol. The van der Waals surface area contributed by atoms with E-state index in [-0.39, 0.29) is 5.41 Å². The first-order valence-electron chi connectivity index (χ1n) is 10.1. The molecule has 26 heavy (non-hydrogen) atoms. The van der Waals surface area contributed by atoms with Crippen molar-refractivity contribution in [1.82, 2.24) is 19.4 Å². The second kappa shape index (κ2) is 9.00. The van der Waals surface area contributed by atoms with Crippen LogP contribution in [0.15, 0.2) is 12.4 Å². The molecule has 1 aromatic heterocycles. The molecule has 2 saturated heterocycles. The van der Waals surface area contributed by atoms with Crippen LogP contribution in [-0.4, -0.2) is 65.2 Å². The van der Waals surface area contributed by atoms with Gasteiger partial charge in [-0.25, -0.2) is 4.98 Å². The van der Waals surface area contributed by atoms with Gasteiger partial charge in [0, 0.05) is 64.1 Å². The van der Waals surface area contributed by atoms with E-state index in [1.807, 2.05) is 6.20 Å². The summed E-state index contributed by atoms with van der Waals surface area (Å²) in [5.74, 6) is 1.50. The number of ether oxygens (including phenoxy) is 1. The van der Waals surface area contributed by atoms with E-state index in [0.717, 1.165) is 65.1 Å². The molecule has 2 aliphatic rings. The van der Waals surface area contributed by atoms with E-state index in [0.29, 0.717) is 12.3 Å². The Morgan fingerprint density at radius 1 is 1.27 bits per heavy atom. The monoisotopic (exact) mass is 362 g/mol. The predicted octanol–water partition coefficient (Wildman–Crippen LogP) is 2.53. The smallest absolute Gasteiger partial charge is 0.222 e. The highest BCUT2D eigenvalue weighted by atomic mass is 16.5. The minimum Gasteiger partial charge on any atom is -0.385 e. The summed E-state index contributed by atoms with van der Waals surface area (Å²) in [7, 11) is 1.72. The number of imidazole rings is 1. The fourth-order valence-corrected chi connectivity index (χ4v) is 4.62. The quantitative estimate of drug-likeness (QED) is 0.667. The highest BCUT2D eigenvalue weighted by Crippen LogP contribution is 2.39. The summed E-state index contributed by atoms with van der Waals surface area (Å²) >= 11 is 0. The lowest BCUT2D eigenvalue weighted by molar-refractivity contribution is -0.139. The van der Waals surface area contributed by atoms with Gasteiger partial charge >= 0.3 is 0 Å². The molecule has 0 aliphatic carbocycles. The molecule has 3 rings (SSSR count). The van der Waals surface area contributed by atoms with E-state index in [1.165, 1.54) is 18.7 Å². The molecule has 146 valence electrons. The zero-order valence-electron chi connectivity index (χ0n) is 16.5. The lowest BCUT2D eigenvalue weighted by Gasteiger charge is -2.48. The van der Waals surface area contributed by atoms with E-state index in [9.17, 15) is 4.79 Å². The molecule has 1 amide bonds. The number of aromatic nitrogens is 2. The van der Waals surface area contributed by atoms with E-state index in [1.54, 1.807) is 7.11 Å². The topological polar surface area (TPSA) is 50.6 Å². The molecule has 2 fully saturated rings. The van der Waals surface area contributed by atoms with Crippen LogP contribution in [0.1, 0.15) is 51.3 Å². The lowest BCUT2D eigenvalue weighted by Crippen LogP contribution is -2.54. The number of hydrogen-bond donors (Lipinski definition) is 0. The standard InChI is InChI=1S/C20H34N4O2/c1-3-10-23-13-9-21-18(23)15-22-11-4-7-20(16-22)8-6-19(25)24(17-20)12-5-14-26-2/h9,13H,3-8,10-12,14-17H2,1-2H3/t20-/m0/s1. The largest absolute Gasteiger partial charge is 0.385 e. The van der Waals surface area contributed by atoms with Crippen molar-refractivity contribution in [1.29, 1.82) is 0 Å². The van der Waals surface area contributed by atoms with Gasteiger partial charge in [-0.2, -0.15) is 0 Å². The van der Waals surface area contributed by atoms with Crippen molar-refractivity contribution in [2.45, 2.75) is 58.5 Å². The molecule has 1 aromatic rings. The number of aryl methyl sites for hydroxylation is 1. The van der Waals surface area contributed by atoms with Crippen LogP contribution in [0.3, 0.4) is 0 Å². The third kappa shape index (κ3) is 4.65. The molecule has 0 radical (unpaired) electrons. The van der Waals surface area contributed by atoms with E-state index < -0.39 is 0 Å². The van der Waals surface area contributed by atoms with Gasteiger partial charge in [-0.05, 0) is 38.6 Å². The second-order valence-electron chi connectivity index (χ2n) is 8.01. The molecule has 2 aliphatic heterocycles. The first kappa shape index (κ1) is 19.4.